The molecule has 4 heteroatoms. The highest BCUT2D eigenvalue weighted by Crippen LogP contribution is 2.49. The molecule has 0 aromatic carbocycles. The number of hydrogen-bond donors (Lipinski definition) is 1. The Bertz CT molecular complexity index is 336. The number of hydrogen-bond acceptors (Lipinski definition) is 2. The van der Waals surface area contributed by atoms with Gasteiger partial charge in [-0.25, -0.2) is 0 Å². The summed E-state index contributed by atoms with van der Waals surface area (Å²) in [6, 6.07) is 0.785. The fourth-order valence-electron chi connectivity index (χ4n) is 4.38. The van der Waals surface area contributed by atoms with E-state index in [2.05, 4.69) is 24.1 Å². The maximum absolute atomic E-state index is 12.5. The number of fused-ring (bicyclic) bond motifs is 2. The molecule has 3 aliphatic rings. The smallest absolute Gasteiger partial charge is 0.223 e. The second-order valence-corrected chi connectivity index (χ2v) is 6.71. The first kappa shape index (κ1) is 15.1. The lowest BCUT2D eigenvalue weighted by atomic mass is 9.86. The molecule has 0 spiro atoms. The Morgan fingerprint density at radius 1 is 1.26 bits per heavy atom. The van der Waals surface area contributed by atoms with Crippen molar-refractivity contribution < 1.29 is 4.79 Å². The standard InChI is InChI=1S/C15H26N2O.ClH/c1-10-11(2)17(6-5-16-10)15(18)9-14-8-12-3-4-13(14)7-12;/h10-14,16H,3-9H2,1-2H3;1H. The van der Waals surface area contributed by atoms with Crippen molar-refractivity contribution in [1.82, 2.24) is 10.2 Å². The van der Waals surface area contributed by atoms with Crippen LogP contribution in [0.15, 0.2) is 0 Å². The predicted octanol–water partition coefficient (Wildman–Crippen LogP) is 2.44. The second kappa shape index (κ2) is 6.01. The summed E-state index contributed by atoms with van der Waals surface area (Å²) < 4.78 is 0. The molecule has 1 amide bonds. The number of piperazine rings is 1. The molecule has 19 heavy (non-hydrogen) atoms. The van der Waals surface area contributed by atoms with Crippen molar-refractivity contribution in [1.29, 1.82) is 0 Å². The minimum atomic E-state index is 0. The number of carbonyl (C=O) groups excluding carboxylic acids is 1. The van der Waals surface area contributed by atoms with Gasteiger partial charge in [-0.3, -0.25) is 4.79 Å². The molecule has 0 aromatic rings. The third-order valence-electron chi connectivity index (χ3n) is 5.68. The van der Waals surface area contributed by atoms with Gasteiger partial charge in [0.2, 0.25) is 5.91 Å². The Morgan fingerprint density at radius 2 is 2.05 bits per heavy atom. The largest absolute Gasteiger partial charge is 0.337 e. The molecule has 5 unspecified atom stereocenters. The van der Waals surface area contributed by atoms with Crippen molar-refractivity contribution in [3.05, 3.63) is 0 Å². The monoisotopic (exact) mass is 286 g/mol. The lowest BCUT2D eigenvalue weighted by molar-refractivity contribution is -0.136. The van der Waals surface area contributed by atoms with E-state index >= 15 is 0 Å². The molecule has 2 saturated carbocycles. The molecular weight excluding hydrogens is 260 g/mol. The highest BCUT2D eigenvalue weighted by molar-refractivity contribution is 5.85. The van der Waals surface area contributed by atoms with Gasteiger partial charge in [-0.15, -0.1) is 12.4 Å². The first-order valence-corrected chi connectivity index (χ1v) is 7.68. The zero-order chi connectivity index (χ0) is 12.7. The van der Waals surface area contributed by atoms with Gasteiger partial charge in [-0.05, 0) is 50.9 Å². The van der Waals surface area contributed by atoms with Crippen molar-refractivity contribution >= 4 is 18.3 Å². The van der Waals surface area contributed by atoms with Crippen LogP contribution in [-0.4, -0.2) is 36.0 Å². The van der Waals surface area contributed by atoms with Gasteiger partial charge in [0.15, 0.2) is 0 Å². The van der Waals surface area contributed by atoms with E-state index < -0.39 is 0 Å². The van der Waals surface area contributed by atoms with E-state index in [1.54, 1.807) is 0 Å². The van der Waals surface area contributed by atoms with Crippen molar-refractivity contribution in [2.75, 3.05) is 13.1 Å². The van der Waals surface area contributed by atoms with E-state index in [9.17, 15) is 4.79 Å². The minimum absolute atomic E-state index is 0. The van der Waals surface area contributed by atoms with Crippen molar-refractivity contribution in [2.45, 2.75) is 58.0 Å². The van der Waals surface area contributed by atoms with E-state index in [1.165, 1.54) is 25.7 Å². The molecule has 110 valence electrons. The lowest BCUT2D eigenvalue weighted by Crippen LogP contribution is -2.57. The summed E-state index contributed by atoms with van der Waals surface area (Å²) in [5.41, 5.74) is 0. The number of halogens is 1. The summed E-state index contributed by atoms with van der Waals surface area (Å²) in [6.45, 7) is 6.20. The highest BCUT2D eigenvalue weighted by Gasteiger charge is 2.41. The van der Waals surface area contributed by atoms with E-state index in [0.29, 0.717) is 23.9 Å². The summed E-state index contributed by atoms with van der Waals surface area (Å²) in [5.74, 6) is 2.93. The zero-order valence-corrected chi connectivity index (χ0v) is 12.9. The van der Waals surface area contributed by atoms with Crippen LogP contribution in [0.1, 0.15) is 46.0 Å². The van der Waals surface area contributed by atoms with Gasteiger partial charge in [-0.2, -0.15) is 0 Å². The predicted molar refractivity (Wildman–Crippen MR) is 79.4 cm³/mol. The number of nitrogens with zero attached hydrogens (tertiary/aromatic N) is 1. The average molecular weight is 287 g/mol. The van der Waals surface area contributed by atoms with Crippen LogP contribution in [0.25, 0.3) is 0 Å². The molecular formula is C15H27ClN2O. The maximum atomic E-state index is 12.5. The van der Waals surface area contributed by atoms with E-state index in [1.807, 2.05) is 0 Å². The first-order chi connectivity index (χ1) is 8.65. The third-order valence-corrected chi connectivity index (χ3v) is 5.68. The van der Waals surface area contributed by atoms with Gasteiger partial charge in [0.05, 0.1) is 0 Å². The number of amides is 1. The van der Waals surface area contributed by atoms with Gasteiger partial charge in [0, 0.05) is 31.6 Å². The summed E-state index contributed by atoms with van der Waals surface area (Å²) in [5, 5.41) is 3.44. The fraction of sp³-hybridized carbons (Fsp3) is 0.933. The third kappa shape index (κ3) is 2.92. The molecule has 2 aliphatic carbocycles. The van der Waals surface area contributed by atoms with Crippen LogP contribution < -0.4 is 5.32 Å². The average Bonchev–Trinajstić information content (AvgIpc) is 2.94. The van der Waals surface area contributed by atoms with Gasteiger partial charge in [0.25, 0.3) is 0 Å². The maximum Gasteiger partial charge on any atom is 0.223 e. The Morgan fingerprint density at radius 3 is 2.68 bits per heavy atom. The molecule has 1 heterocycles. The van der Waals surface area contributed by atoms with Gasteiger partial charge >= 0.3 is 0 Å². The molecule has 0 radical (unpaired) electrons. The Balaban J connectivity index is 0.00000133. The minimum Gasteiger partial charge on any atom is -0.337 e. The van der Waals surface area contributed by atoms with E-state index in [-0.39, 0.29) is 12.4 Å². The number of nitrogens with one attached hydrogen (secondary N) is 1. The van der Waals surface area contributed by atoms with E-state index in [0.717, 1.165) is 31.3 Å². The quantitative estimate of drug-likeness (QED) is 0.846. The van der Waals surface area contributed by atoms with Crippen LogP contribution in [0.2, 0.25) is 0 Å². The summed E-state index contributed by atoms with van der Waals surface area (Å²) >= 11 is 0. The Hall–Kier alpha value is -0.280. The highest BCUT2D eigenvalue weighted by atomic mass is 35.5. The number of rotatable bonds is 2. The molecule has 3 rings (SSSR count). The van der Waals surface area contributed by atoms with E-state index in [4.69, 9.17) is 0 Å². The van der Waals surface area contributed by atoms with Crippen molar-refractivity contribution in [3.63, 3.8) is 0 Å². The van der Waals surface area contributed by atoms with Gasteiger partial charge < -0.3 is 10.2 Å². The molecule has 3 fully saturated rings. The Labute approximate surface area is 122 Å². The van der Waals surface area contributed by atoms with Crippen molar-refractivity contribution in [3.8, 4) is 0 Å². The molecule has 1 aliphatic heterocycles. The molecule has 3 nitrogen and oxygen atoms in total. The summed E-state index contributed by atoms with van der Waals surface area (Å²) in [6.07, 6.45) is 6.36. The SMILES string of the molecule is CC1NCCN(C(=O)CC2CC3CCC2C3)C1C.Cl. The lowest BCUT2D eigenvalue weighted by Gasteiger charge is -2.39. The topological polar surface area (TPSA) is 32.3 Å². The van der Waals surface area contributed by atoms with Crippen LogP contribution in [0.3, 0.4) is 0 Å². The van der Waals surface area contributed by atoms with Crippen LogP contribution in [-0.2, 0) is 4.79 Å². The van der Waals surface area contributed by atoms with Gasteiger partial charge in [-0.1, -0.05) is 6.42 Å². The molecule has 1 saturated heterocycles. The molecule has 1 N–H and O–H groups in total. The number of carbonyl (C=O) groups is 1. The van der Waals surface area contributed by atoms with Crippen molar-refractivity contribution in [2.24, 2.45) is 17.8 Å². The van der Waals surface area contributed by atoms with Crippen LogP contribution >= 0.6 is 12.4 Å². The fourth-order valence-corrected chi connectivity index (χ4v) is 4.38. The molecule has 5 atom stereocenters. The second-order valence-electron chi connectivity index (χ2n) is 6.71. The van der Waals surface area contributed by atoms with Crippen LogP contribution in [0.4, 0.5) is 0 Å². The zero-order valence-electron chi connectivity index (χ0n) is 12.1. The van der Waals surface area contributed by atoms with Crippen LogP contribution in [0, 0.1) is 17.8 Å². The Kier molecular flexibility index (Phi) is 4.78. The summed E-state index contributed by atoms with van der Waals surface area (Å²) in [7, 11) is 0. The molecule has 0 aromatic heterocycles. The van der Waals surface area contributed by atoms with Gasteiger partial charge in [0.1, 0.15) is 0 Å². The molecule has 2 bridgehead atoms. The first-order valence-electron chi connectivity index (χ1n) is 7.68. The normalized spacial score (nSPS) is 41.2. The summed E-state index contributed by atoms with van der Waals surface area (Å²) in [4.78, 5) is 14.6. The van der Waals surface area contributed by atoms with Crippen LogP contribution in [0.5, 0.6) is 0 Å².